The van der Waals surface area contributed by atoms with E-state index in [1.54, 1.807) is 54.5 Å². The number of halogens is 3. The second-order valence-corrected chi connectivity index (χ2v) is 7.87. The van der Waals surface area contributed by atoms with Gasteiger partial charge in [-0.25, -0.2) is 0 Å². The quantitative estimate of drug-likeness (QED) is 0.391. The number of nitrogens with zero attached hydrogens (tertiary/aromatic N) is 1. The summed E-state index contributed by atoms with van der Waals surface area (Å²) in [5, 5.41) is 1.44. The van der Waals surface area contributed by atoms with Crippen molar-refractivity contribution in [2.24, 2.45) is 0 Å². The van der Waals surface area contributed by atoms with Crippen LogP contribution in [0.2, 0.25) is 15.1 Å². The van der Waals surface area contributed by atoms with E-state index >= 15 is 0 Å². The van der Waals surface area contributed by atoms with Crippen LogP contribution in [0.1, 0.15) is 11.1 Å². The van der Waals surface area contributed by atoms with Crippen LogP contribution < -0.4 is 9.64 Å². The van der Waals surface area contributed by atoms with Crippen molar-refractivity contribution in [2.45, 2.75) is 0 Å². The zero-order valence-corrected chi connectivity index (χ0v) is 18.2. The fourth-order valence-corrected chi connectivity index (χ4v) is 3.99. The third kappa shape index (κ3) is 3.97. The molecule has 4 rings (SSSR count). The Balaban J connectivity index is 1.83. The molecule has 150 valence electrons. The lowest BCUT2D eigenvalue weighted by Crippen LogP contribution is -2.25. The second-order valence-electron chi connectivity index (χ2n) is 6.62. The highest BCUT2D eigenvalue weighted by Gasteiger charge is 2.31. The van der Waals surface area contributed by atoms with Crippen LogP contribution in [0.25, 0.3) is 11.8 Å². The molecule has 1 amide bonds. The minimum absolute atomic E-state index is 0.180. The predicted molar refractivity (Wildman–Crippen MR) is 124 cm³/mol. The molecular weight excluding hydrogens is 441 g/mol. The maximum absolute atomic E-state index is 13.4. The molecule has 0 bridgehead atoms. The van der Waals surface area contributed by atoms with E-state index < -0.39 is 0 Å². The Morgan fingerprint density at radius 2 is 1.67 bits per heavy atom. The molecule has 0 N–H and O–H groups in total. The third-order valence-corrected chi connectivity index (χ3v) is 5.58. The third-order valence-electron chi connectivity index (χ3n) is 4.72. The molecule has 0 spiro atoms. The van der Waals surface area contributed by atoms with E-state index in [-0.39, 0.29) is 5.91 Å². The second kappa shape index (κ2) is 8.57. The number of hydrogen-bond donors (Lipinski definition) is 0. The molecule has 6 heteroatoms. The SMILES string of the molecule is COc1ccc(N2C(=O)/C(=C/c3ccc(Cl)cc3Cl)C=C2c2ccccc2)cc1Cl. The highest BCUT2D eigenvalue weighted by Crippen LogP contribution is 2.38. The Morgan fingerprint density at radius 1 is 0.900 bits per heavy atom. The normalized spacial score (nSPS) is 14.9. The van der Waals surface area contributed by atoms with Crippen molar-refractivity contribution < 1.29 is 9.53 Å². The summed E-state index contributed by atoms with van der Waals surface area (Å²) in [4.78, 5) is 15.0. The van der Waals surface area contributed by atoms with Crippen LogP contribution in [0.15, 0.2) is 78.4 Å². The van der Waals surface area contributed by atoms with Crippen molar-refractivity contribution in [1.29, 1.82) is 0 Å². The zero-order chi connectivity index (χ0) is 21.3. The first-order valence-electron chi connectivity index (χ1n) is 9.10. The van der Waals surface area contributed by atoms with E-state index in [2.05, 4.69) is 0 Å². The number of rotatable bonds is 4. The van der Waals surface area contributed by atoms with Crippen molar-refractivity contribution in [3.63, 3.8) is 0 Å². The number of methoxy groups -OCH3 is 1. The molecular formula is C24H16Cl3NO2. The van der Waals surface area contributed by atoms with Gasteiger partial charge in [-0.15, -0.1) is 0 Å². The summed E-state index contributed by atoms with van der Waals surface area (Å²) in [6.45, 7) is 0. The van der Waals surface area contributed by atoms with Gasteiger partial charge in [-0.3, -0.25) is 9.69 Å². The summed E-state index contributed by atoms with van der Waals surface area (Å²) in [5.41, 5.74) is 3.51. The maximum Gasteiger partial charge on any atom is 0.262 e. The van der Waals surface area contributed by atoms with Gasteiger partial charge in [0.25, 0.3) is 5.91 Å². The monoisotopic (exact) mass is 455 g/mol. The lowest BCUT2D eigenvalue weighted by atomic mass is 10.1. The van der Waals surface area contributed by atoms with Gasteiger partial charge in [-0.2, -0.15) is 0 Å². The zero-order valence-electron chi connectivity index (χ0n) is 15.9. The van der Waals surface area contributed by atoms with Crippen molar-refractivity contribution >= 4 is 58.2 Å². The summed E-state index contributed by atoms with van der Waals surface area (Å²) in [7, 11) is 1.55. The van der Waals surface area contributed by atoms with E-state index in [0.29, 0.717) is 37.6 Å². The molecule has 0 atom stereocenters. The van der Waals surface area contributed by atoms with Crippen LogP contribution in [0, 0.1) is 0 Å². The highest BCUT2D eigenvalue weighted by molar-refractivity contribution is 6.36. The van der Waals surface area contributed by atoms with Gasteiger partial charge in [0.15, 0.2) is 0 Å². The van der Waals surface area contributed by atoms with Gasteiger partial charge in [0.2, 0.25) is 0 Å². The first-order valence-corrected chi connectivity index (χ1v) is 10.2. The van der Waals surface area contributed by atoms with E-state index in [9.17, 15) is 4.79 Å². The van der Waals surface area contributed by atoms with E-state index in [4.69, 9.17) is 39.5 Å². The van der Waals surface area contributed by atoms with E-state index in [0.717, 1.165) is 11.3 Å². The average molecular weight is 457 g/mol. The van der Waals surface area contributed by atoms with Crippen LogP contribution in [0.4, 0.5) is 5.69 Å². The van der Waals surface area contributed by atoms with Crippen molar-refractivity contribution in [2.75, 3.05) is 12.0 Å². The molecule has 0 unspecified atom stereocenters. The maximum atomic E-state index is 13.4. The number of benzene rings is 3. The smallest absolute Gasteiger partial charge is 0.262 e. The van der Waals surface area contributed by atoms with Gasteiger partial charge in [-0.05, 0) is 53.6 Å². The lowest BCUT2D eigenvalue weighted by molar-refractivity contribution is -0.113. The number of anilines is 1. The van der Waals surface area contributed by atoms with Gasteiger partial charge in [0.1, 0.15) is 5.75 Å². The van der Waals surface area contributed by atoms with Gasteiger partial charge >= 0.3 is 0 Å². The Morgan fingerprint density at radius 3 is 2.33 bits per heavy atom. The first-order chi connectivity index (χ1) is 14.5. The van der Waals surface area contributed by atoms with Gasteiger partial charge in [0.05, 0.1) is 23.5 Å². The molecule has 1 heterocycles. The number of carbonyl (C=O) groups excluding carboxylic acids is 1. The van der Waals surface area contributed by atoms with Crippen molar-refractivity contribution in [1.82, 2.24) is 0 Å². The average Bonchev–Trinajstić information content (AvgIpc) is 3.07. The fraction of sp³-hybridized carbons (Fsp3) is 0.0417. The summed E-state index contributed by atoms with van der Waals surface area (Å²) in [6, 6.07) is 20.1. The first kappa shape index (κ1) is 20.5. The van der Waals surface area contributed by atoms with E-state index in [1.807, 2.05) is 36.4 Å². The summed E-state index contributed by atoms with van der Waals surface area (Å²) in [6.07, 6.45) is 3.61. The summed E-state index contributed by atoms with van der Waals surface area (Å²) < 4.78 is 5.24. The number of carbonyl (C=O) groups is 1. The molecule has 0 fully saturated rings. The summed E-state index contributed by atoms with van der Waals surface area (Å²) in [5.74, 6) is 0.363. The van der Waals surface area contributed by atoms with Gasteiger partial charge in [0, 0.05) is 15.6 Å². The number of amides is 1. The highest BCUT2D eigenvalue weighted by atomic mass is 35.5. The Hall–Kier alpha value is -2.72. The molecule has 3 aromatic carbocycles. The van der Waals surface area contributed by atoms with Crippen molar-refractivity contribution in [3.8, 4) is 5.75 Å². The Bertz CT molecular complexity index is 1190. The van der Waals surface area contributed by atoms with Gasteiger partial charge in [-0.1, -0.05) is 71.2 Å². The molecule has 1 aliphatic heterocycles. The lowest BCUT2D eigenvalue weighted by Gasteiger charge is -2.21. The van der Waals surface area contributed by atoms with Gasteiger partial charge < -0.3 is 4.74 Å². The minimum atomic E-state index is -0.180. The molecule has 3 aromatic rings. The Labute approximate surface area is 189 Å². The summed E-state index contributed by atoms with van der Waals surface area (Å²) >= 11 is 18.6. The molecule has 0 aromatic heterocycles. The topological polar surface area (TPSA) is 29.5 Å². The minimum Gasteiger partial charge on any atom is -0.495 e. The molecule has 3 nitrogen and oxygen atoms in total. The molecule has 0 saturated heterocycles. The number of ether oxygens (including phenoxy) is 1. The van der Waals surface area contributed by atoms with E-state index in [1.165, 1.54) is 0 Å². The van der Waals surface area contributed by atoms with Crippen LogP contribution >= 0.6 is 34.8 Å². The Kier molecular flexibility index (Phi) is 5.87. The standard InChI is InChI=1S/C24H16Cl3NO2/c1-30-23-10-9-19(14-21(23)27)28-22(15-5-3-2-4-6-15)12-17(24(28)29)11-16-7-8-18(25)13-20(16)26/h2-14H,1H3/b17-11+. The molecule has 0 radical (unpaired) electrons. The van der Waals surface area contributed by atoms with Crippen LogP contribution in [-0.4, -0.2) is 13.0 Å². The van der Waals surface area contributed by atoms with Crippen LogP contribution in [-0.2, 0) is 4.79 Å². The molecule has 1 aliphatic rings. The molecule has 30 heavy (non-hydrogen) atoms. The van der Waals surface area contributed by atoms with Crippen LogP contribution in [0.3, 0.4) is 0 Å². The number of hydrogen-bond acceptors (Lipinski definition) is 2. The fourth-order valence-electron chi connectivity index (χ4n) is 3.27. The van der Waals surface area contributed by atoms with Crippen molar-refractivity contribution in [3.05, 3.63) is 105 Å². The largest absolute Gasteiger partial charge is 0.495 e. The molecule has 0 saturated carbocycles. The predicted octanol–water partition coefficient (Wildman–Crippen LogP) is 7.13. The van der Waals surface area contributed by atoms with Crippen LogP contribution in [0.5, 0.6) is 5.75 Å². The molecule has 0 aliphatic carbocycles.